The Balaban J connectivity index is 0.00000124. The van der Waals surface area contributed by atoms with Crippen molar-refractivity contribution in [2.75, 3.05) is 0 Å². The minimum Gasteiger partial charge on any atom is -0.407 e. The number of hydrogen-bond donors (Lipinski definition) is 1. The molecule has 30 heavy (non-hydrogen) atoms. The van der Waals surface area contributed by atoms with E-state index >= 15 is 0 Å². The maximum atomic E-state index is 13.4. The number of hydrogen-bond acceptors (Lipinski definition) is 3. The van der Waals surface area contributed by atoms with Gasteiger partial charge in [0.15, 0.2) is 5.75 Å². The first-order valence-corrected chi connectivity index (χ1v) is 10.0. The number of aromatic nitrogens is 1. The van der Waals surface area contributed by atoms with Gasteiger partial charge in [-0.1, -0.05) is 80.6 Å². The fourth-order valence-corrected chi connectivity index (χ4v) is 3.06. The molecule has 1 heterocycles. The van der Waals surface area contributed by atoms with E-state index < -0.39 is 0 Å². The third kappa shape index (κ3) is 5.31. The molecule has 3 nitrogen and oxygen atoms in total. The molecule has 0 saturated carbocycles. The van der Waals surface area contributed by atoms with Gasteiger partial charge in [0, 0.05) is 18.0 Å². The zero-order valence-electron chi connectivity index (χ0n) is 17.1. The third-order valence-corrected chi connectivity index (χ3v) is 4.48. The van der Waals surface area contributed by atoms with Crippen molar-refractivity contribution in [1.29, 1.82) is 0 Å². The highest BCUT2D eigenvalue weighted by atomic mass is 19.1. The van der Waals surface area contributed by atoms with E-state index in [9.17, 15) is 4.39 Å². The molecule has 0 aliphatic carbocycles. The van der Waals surface area contributed by atoms with Crippen molar-refractivity contribution in [3.8, 4) is 16.9 Å². The molecule has 1 atom stereocenters. The van der Waals surface area contributed by atoms with E-state index in [1.54, 1.807) is 24.5 Å². The monoisotopic (exact) mass is 400 g/mol. The van der Waals surface area contributed by atoms with Gasteiger partial charge in [0.25, 0.3) is 0 Å². The number of hydroxylamine groups is 1. The number of nitrogens with one attached hydrogen (secondary N) is 1. The molecule has 0 saturated heterocycles. The molecule has 1 N–H and O–H groups in total. The van der Waals surface area contributed by atoms with E-state index in [2.05, 4.69) is 10.5 Å². The highest BCUT2D eigenvalue weighted by Gasteiger charge is 2.16. The predicted octanol–water partition coefficient (Wildman–Crippen LogP) is 6.59. The zero-order chi connectivity index (χ0) is 21.2. The molecule has 0 aliphatic heterocycles. The first-order chi connectivity index (χ1) is 14.8. The van der Waals surface area contributed by atoms with Gasteiger partial charge in [-0.2, -0.15) is 0 Å². The molecule has 152 valence electrons. The van der Waals surface area contributed by atoms with E-state index in [0.29, 0.717) is 5.75 Å². The number of rotatable bonds is 6. The Morgan fingerprint density at radius 3 is 2.17 bits per heavy atom. The Bertz CT molecular complexity index is 1020. The van der Waals surface area contributed by atoms with E-state index in [1.807, 2.05) is 80.6 Å². The molecular weight excluding hydrogens is 375 g/mol. The number of nitrogens with zero attached hydrogens (tertiary/aromatic N) is 1. The van der Waals surface area contributed by atoms with Crippen LogP contribution in [-0.4, -0.2) is 4.98 Å². The number of benzene rings is 3. The highest BCUT2D eigenvalue weighted by molar-refractivity contribution is 5.70. The second-order valence-corrected chi connectivity index (χ2v) is 6.35. The fraction of sp³-hybridized carbons (Fsp3) is 0.115. The van der Waals surface area contributed by atoms with E-state index in [4.69, 9.17) is 4.84 Å². The molecule has 0 spiro atoms. The topological polar surface area (TPSA) is 34.1 Å². The maximum absolute atomic E-state index is 13.4. The van der Waals surface area contributed by atoms with Crippen LogP contribution in [0.5, 0.6) is 5.75 Å². The Kier molecular flexibility index (Phi) is 7.70. The first-order valence-electron chi connectivity index (χ1n) is 10.0. The van der Waals surface area contributed by atoms with Crippen LogP contribution in [0.1, 0.15) is 31.0 Å². The van der Waals surface area contributed by atoms with E-state index in [0.717, 1.165) is 22.3 Å². The predicted molar refractivity (Wildman–Crippen MR) is 119 cm³/mol. The van der Waals surface area contributed by atoms with Crippen molar-refractivity contribution in [1.82, 2.24) is 10.5 Å². The summed E-state index contributed by atoms with van der Waals surface area (Å²) in [7, 11) is 0. The van der Waals surface area contributed by atoms with Gasteiger partial charge < -0.3 is 4.84 Å². The summed E-state index contributed by atoms with van der Waals surface area (Å²) in [6.07, 6.45) is 3.49. The quantitative estimate of drug-likeness (QED) is 0.371. The molecular formula is C26H25FN2O. The van der Waals surface area contributed by atoms with Crippen LogP contribution in [0.2, 0.25) is 0 Å². The summed E-state index contributed by atoms with van der Waals surface area (Å²) in [6, 6.07) is 27.8. The lowest BCUT2D eigenvalue weighted by Crippen LogP contribution is -2.26. The minimum absolute atomic E-state index is 0.274. The number of halogens is 1. The van der Waals surface area contributed by atoms with Crippen molar-refractivity contribution in [2.45, 2.75) is 19.9 Å². The number of para-hydroxylation sites is 1. The molecule has 4 heteroatoms. The Hall–Kier alpha value is -3.50. The molecule has 0 bridgehead atoms. The summed E-state index contributed by atoms with van der Waals surface area (Å²) in [5.41, 5.74) is 6.99. The van der Waals surface area contributed by atoms with E-state index in [1.165, 1.54) is 12.1 Å². The SMILES string of the molecule is CC.Fc1ccc(C(NOc2ccccc2-c2ccccc2)c2cccnc2)cc1. The van der Waals surface area contributed by atoms with Gasteiger partial charge in [0.05, 0.1) is 6.04 Å². The first kappa shape index (κ1) is 21.2. The molecule has 0 aliphatic rings. The maximum Gasteiger partial charge on any atom is 0.155 e. The summed E-state index contributed by atoms with van der Waals surface area (Å²) in [5.74, 6) is 0.439. The second kappa shape index (κ2) is 10.9. The fourth-order valence-electron chi connectivity index (χ4n) is 3.06. The lowest BCUT2D eigenvalue weighted by atomic mass is 10.0. The Morgan fingerprint density at radius 2 is 1.47 bits per heavy atom. The van der Waals surface area contributed by atoms with Gasteiger partial charge in [-0.25, -0.2) is 4.39 Å². The van der Waals surface area contributed by atoms with Crippen LogP contribution in [0.25, 0.3) is 11.1 Å². The van der Waals surface area contributed by atoms with Gasteiger partial charge in [0.2, 0.25) is 0 Å². The van der Waals surface area contributed by atoms with Crippen LogP contribution < -0.4 is 10.3 Å². The van der Waals surface area contributed by atoms with Crippen molar-refractivity contribution in [2.24, 2.45) is 0 Å². The normalized spacial score (nSPS) is 11.2. The summed E-state index contributed by atoms with van der Waals surface area (Å²) >= 11 is 0. The van der Waals surface area contributed by atoms with Crippen LogP contribution in [0.3, 0.4) is 0 Å². The van der Waals surface area contributed by atoms with Gasteiger partial charge in [-0.15, -0.1) is 5.48 Å². The molecule has 1 unspecified atom stereocenters. The van der Waals surface area contributed by atoms with Crippen molar-refractivity contribution < 1.29 is 9.23 Å². The summed E-state index contributed by atoms with van der Waals surface area (Å²) in [6.45, 7) is 4.00. The molecule has 0 fully saturated rings. The van der Waals surface area contributed by atoms with Gasteiger partial charge >= 0.3 is 0 Å². The summed E-state index contributed by atoms with van der Waals surface area (Å²) in [4.78, 5) is 10.2. The minimum atomic E-state index is -0.293. The Morgan fingerprint density at radius 1 is 0.767 bits per heavy atom. The van der Waals surface area contributed by atoms with Crippen molar-refractivity contribution >= 4 is 0 Å². The second-order valence-electron chi connectivity index (χ2n) is 6.35. The average Bonchev–Trinajstić information content (AvgIpc) is 2.83. The molecule has 0 radical (unpaired) electrons. The zero-order valence-corrected chi connectivity index (χ0v) is 17.1. The van der Waals surface area contributed by atoms with Gasteiger partial charge in [-0.05, 0) is 41.0 Å². The lowest BCUT2D eigenvalue weighted by molar-refractivity contribution is 0.171. The van der Waals surface area contributed by atoms with Gasteiger partial charge in [0.1, 0.15) is 5.82 Å². The van der Waals surface area contributed by atoms with Crippen molar-refractivity contribution in [3.05, 3.63) is 120 Å². The third-order valence-electron chi connectivity index (χ3n) is 4.48. The van der Waals surface area contributed by atoms with Crippen LogP contribution in [0, 0.1) is 5.82 Å². The van der Waals surface area contributed by atoms with Crippen LogP contribution in [0.15, 0.2) is 103 Å². The molecule has 4 rings (SSSR count). The van der Waals surface area contributed by atoms with Gasteiger partial charge in [-0.3, -0.25) is 4.98 Å². The summed E-state index contributed by atoms with van der Waals surface area (Å²) < 4.78 is 13.4. The molecule has 0 amide bonds. The number of pyridine rings is 1. The van der Waals surface area contributed by atoms with Crippen LogP contribution in [0.4, 0.5) is 4.39 Å². The van der Waals surface area contributed by atoms with E-state index in [-0.39, 0.29) is 11.9 Å². The Labute approximate surface area is 177 Å². The molecule has 4 aromatic rings. The van der Waals surface area contributed by atoms with Crippen LogP contribution >= 0.6 is 0 Å². The average molecular weight is 400 g/mol. The summed E-state index contributed by atoms with van der Waals surface area (Å²) in [5, 5.41) is 0. The smallest absolute Gasteiger partial charge is 0.155 e. The van der Waals surface area contributed by atoms with Crippen molar-refractivity contribution in [3.63, 3.8) is 0 Å². The standard InChI is InChI=1S/C24H19FN2O.C2H6/c25-21-14-12-19(13-15-21)24(20-9-6-16-26-17-20)27-28-23-11-5-4-10-22(23)18-7-2-1-3-8-18;1-2/h1-17,24,27H;1-2H3. The lowest BCUT2D eigenvalue weighted by Gasteiger charge is -2.21. The largest absolute Gasteiger partial charge is 0.407 e. The molecule has 3 aromatic carbocycles. The molecule has 1 aromatic heterocycles. The van der Waals surface area contributed by atoms with Crippen LogP contribution in [-0.2, 0) is 0 Å². The highest BCUT2D eigenvalue weighted by Crippen LogP contribution is 2.30.